The van der Waals surface area contributed by atoms with Crippen molar-refractivity contribution in [2.75, 3.05) is 45.2 Å². The van der Waals surface area contributed by atoms with E-state index in [0.29, 0.717) is 33.7 Å². The van der Waals surface area contributed by atoms with Gasteiger partial charge in [0.05, 0.1) is 50.7 Å². The van der Waals surface area contributed by atoms with Crippen LogP contribution in [-0.2, 0) is 10.9 Å². The molecule has 4 aromatic rings. The van der Waals surface area contributed by atoms with Crippen molar-refractivity contribution in [2.24, 2.45) is 0 Å². The molecule has 3 N–H and O–H groups in total. The summed E-state index contributed by atoms with van der Waals surface area (Å²) in [5, 5.41) is 11.5. The van der Waals surface area contributed by atoms with E-state index in [1.165, 1.54) is 32.3 Å². The van der Waals surface area contributed by atoms with Crippen LogP contribution in [0, 0.1) is 0 Å². The molecule has 10 nitrogen and oxygen atoms in total. The van der Waals surface area contributed by atoms with Gasteiger partial charge in [-0.3, -0.25) is 4.79 Å². The number of aromatic nitrogens is 2. The van der Waals surface area contributed by atoms with Crippen molar-refractivity contribution in [3.63, 3.8) is 0 Å². The van der Waals surface area contributed by atoms with E-state index in [1.54, 1.807) is 12.1 Å². The SMILES string of the molecule is COC(=O)c1c(C(F)(F)F)[nH]c2c(O)cc3c(c12)C(CBr)CN3C(=O)c1cc2cc(OC)c(OC)c(OC)c2[nH]1. The molecule has 0 aliphatic carbocycles. The van der Waals surface area contributed by atoms with Crippen molar-refractivity contribution in [3.05, 3.63) is 40.7 Å². The molecule has 14 heteroatoms. The number of aromatic hydroxyl groups is 1. The Kier molecular flexibility index (Phi) is 6.76. The lowest BCUT2D eigenvalue weighted by Crippen LogP contribution is -2.30. The van der Waals surface area contributed by atoms with Crippen LogP contribution in [0.3, 0.4) is 0 Å². The number of methoxy groups -OCH3 is 4. The number of aromatic amines is 2. The van der Waals surface area contributed by atoms with Gasteiger partial charge in [-0.05, 0) is 17.7 Å². The molecular formula is C26H23BrF3N3O7. The molecule has 1 amide bonds. The number of esters is 1. The molecule has 0 fully saturated rings. The lowest BCUT2D eigenvalue weighted by atomic mass is 9.95. The number of hydrogen-bond acceptors (Lipinski definition) is 7. The molecule has 5 rings (SSSR count). The van der Waals surface area contributed by atoms with Crippen molar-refractivity contribution < 1.29 is 46.8 Å². The second kappa shape index (κ2) is 9.84. The molecule has 3 heterocycles. The van der Waals surface area contributed by atoms with E-state index in [0.717, 1.165) is 7.11 Å². The Morgan fingerprint density at radius 2 is 1.75 bits per heavy atom. The standard InChI is InChI=1S/C26H23BrF3N3O7/c1-37-15-6-10-5-12(31-19(10)22(39-3)21(15)38-2)24(35)33-9-11(8-27)16-13(33)7-14(34)20-17(16)18(25(36)40-4)23(32-20)26(28,29)30/h5-7,11,31-32,34H,8-9H2,1-4H3. The molecule has 0 radical (unpaired) electrons. The first kappa shape index (κ1) is 27.5. The number of carbonyl (C=O) groups excluding carboxylic acids is 2. The van der Waals surface area contributed by atoms with E-state index in [-0.39, 0.29) is 34.2 Å². The van der Waals surface area contributed by atoms with Crippen LogP contribution in [0.15, 0.2) is 18.2 Å². The fraction of sp³-hybridized carbons (Fsp3) is 0.308. The summed E-state index contributed by atoms with van der Waals surface area (Å²) in [5.41, 5.74) is -1.32. The quantitative estimate of drug-likeness (QED) is 0.195. The molecule has 1 aliphatic heterocycles. The highest BCUT2D eigenvalue weighted by Gasteiger charge is 2.43. The number of rotatable bonds is 6. The number of fused-ring (bicyclic) bond motifs is 4. The minimum Gasteiger partial charge on any atom is -0.506 e. The number of hydrogen-bond donors (Lipinski definition) is 3. The van der Waals surface area contributed by atoms with Gasteiger partial charge in [-0.2, -0.15) is 13.2 Å². The normalized spacial score (nSPS) is 15.0. The Morgan fingerprint density at radius 3 is 2.33 bits per heavy atom. The number of alkyl halides is 4. The first-order valence-corrected chi connectivity index (χ1v) is 12.9. The van der Waals surface area contributed by atoms with Gasteiger partial charge in [-0.15, -0.1) is 0 Å². The first-order chi connectivity index (χ1) is 19.0. The Bertz CT molecular complexity index is 1680. The van der Waals surface area contributed by atoms with Crippen molar-refractivity contribution in [1.29, 1.82) is 0 Å². The maximum atomic E-state index is 13.9. The Hall–Kier alpha value is -4.07. The predicted molar refractivity (Wildman–Crippen MR) is 142 cm³/mol. The van der Waals surface area contributed by atoms with Crippen LogP contribution in [0.1, 0.15) is 38.0 Å². The van der Waals surface area contributed by atoms with Gasteiger partial charge in [0.2, 0.25) is 5.75 Å². The largest absolute Gasteiger partial charge is 0.506 e. The van der Waals surface area contributed by atoms with Crippen LogP contribution in [0.25, 0.3) is 21.8 Å². The second-order valence-electron chi connectivity index (χ2n) is 9.00. The molecule has 0 saturated heterocycles. The number of amides is 1. The van der Waals surface area contributed by atoms with Crippen molar-refractivity contribution in [2.45, 2.75) is 12.1 Å². The average Bonchev–Trinajstić information content (AvgIpc) is 3.64. The van der Waals surface area contributed by atoms with Gasteiger partial charge in [-0.1, -0.05) is 15.9 Å². The summed E-state index contributed by atoms with van der Waals surface area (Å²) in [4.78, 5) is 33.0. The smallest absolute Gasteiger partial charge is 0.432 e. The highest BCUT2D eigenvalue weighted by molar-refractivity contribution is 9.09. The van der Waals surface area contributed by atoms with Crippen LogP contribution in [0.2, 0.25) is 0 Å². The number of benzene rings is 2. The van der Waals surface area contributed by atoms with Crippen LogP contribution >= 0.6 is 15.9 Å². The molecular weight excluding hydrogens is 603 g/mol. The highest BCUT2D eigenvalue weighted by atomic mass is 79.9. The van der Waals surface area contributed by atoms with E-state index in [2.05, 4.69) is 30.6 Å². The number of ether oxygens (including phenoxy) is 4. The van der Waals surface area contributed by atoms with Gasteiger partial charge in [0.1, 0.15) is 17.1 Å². The summed E-state index contributed by atoms with van der Waals surface area (Å²) in [6.45, 7) is 0.0598. The van der Waals surface area contributed by atoms with E-state index in [4.69, 9.17) is 14.2 Å². The van der Waals surface area contributed by atoms with E-state index < -0.39 is 41.0 Å². The molecule has 1 atom stereocenters. The summed E-state index contributed by atoms with van der Waals surface area (Å²) in [5.74, 6) is -1.81. The topological polar surface area (TPSA) is 126 Å². The van der Waals surface area contributed by atoms with E-state index in [1.807, 2.05) is 0 Å². The van der Waals surface area contributed by atoms with Gasteiger partial charge in [-0.25, -0.2) is 4.79 Å². The summed E-state index contributed by atoms with van der Waals surface area (Å²) >= 11 is 3.39. The minimum atomic E-state index is -4.94. The number of phenols is 1. The van der Waals surface area contributed by atoms with Crippen molar-refractivity contribution in [3.8, 4) is 23.0 Å². The maximum absolute atomic E-state index is 13.9. The van der Waals surface area contributed by atoms with Gasteiger partial charge in [0.15, 0.2) is 11.5 Å². The lowest BCUT2D eigenvalue weighted by Gasteiger charge is -2.17. The molecule has 0 saturated carbocycles. The van der Waals surface area contributed by atoms with Gasteiger partial charge >= 0.3 is 12.1 Å². The summed E-state index contributed by atoms with van der Waals surface area (Å²) in [6.07, 6.45) is -4.94. The first-order valence-electron chi connectivity index (χ1n) is 11.8. The van der Waals surface area contributed by atoms with Crippen molar-refractivity contribution >= 4 is 55.3 Å². The van der Waals surface area contributed by atoms with Gasteiger partial charge in [0.25, 0.3) is 5.91 Å². The van der Waals surface area contributed by atoms with E-state index >= 15 is 0 Å². The van der Waals surface area contributed by atoms with Crippen LogP contribution < -0.4 is 19.1 Å². The van der Waals surface area contributed by atoms with Crippen LogP contribution in [0.4, 0.5) is 18.9 Å². The molecule has 0 spiro atoms. The third kappa shape index (κ3) is 4.00. The fourth-order valence-corrected chi connectivity index (χ4v) is 5.79. The molecule has 40 heavy (non-hydrogen) atoms. The lowest BCUT2D eigenvalue weighted by molar-refractivity contribution is -0.141. The zero-order chi connectivity index (χ0) is 29.1. The summed E-state index contributed by atoms with van der Waals surface area (Å²) in [6, 6.07) is 4.46. The van der Waals surface area contributed by atoms with E-state index in [9.17, 15) is 27.9 Å². The Morgan fingerprint density at radius 1 is 1.05 bits per heavy atom. The number of carbonyl (C=O) groups is 2. The summed E-state index contributed by atoms with van der Waals surface area (Å²) in [7, 11) is 5.32. The van der Waals surface area contributed by atoms with Gasteiger partial charge < -0.3 is 38.9 Å². The maximum Gasteiger partial charge on any atom is 0.432 e. The molecule has 212 valence electrons. The number of H-pyrrole nitrogens is 2. The zero-order valence-electron chi connectivity index (χ0n) is 21.6. The number of nitrogens with one attached hydrogen (secondary N) is 2. The molecule has 1 unspecified atom stereocenters. The number of anilines is 1. The Balaban J connectivity index is 1.71. The number of halogens is 4. The molecule has 2 aromatic heterocycles. The fourth-order valence-electron chi connectivity index (χ4n) is 5.26. The second-order valence-corrected chi connectivity index (χ2v) is 9.65. The zero-order valence-corrected chi connectivity index (χ0v) is 23.2. The number of phenolic OH excluding ortho intramolecular Hbond substituents is 1. The van der Waals surface area contributed by atoms with Gasteiger partial charge in [0, 0.05) is 34.6 Å². The predicted octanol–water partition coefficient (Wildman–Crippen LogP) is 5.32. The minimum absolute atomic E-state index is 0.0598. The van der Waals surface area contributed by atoms with Crippen molar-refractivity contribution in [1.82, 2.24) is 9.97 Å². The third-order valence-electron chi connectivity index (χ3n) is 6.93. The molecule has 0 bridgehead atoms. The third-order valence-corrected chi connectivity index (χ3v) is 7.71. The molecule has 2 aromatic carbocycles. The molecule has 1 aliphatic rings. The monoisotopic (exact) mass is 625 g/mol. The van der Waals surface area contributed by atoms with Crippen LogP contribution in [-0.4, -0.2) is 67.3 Å². The highest BCUT2D eigenvalue weighted by Crippen LogP contribution is 2.50. The average molecular weight is 626 g/mol. The van der Waals surface area contributed by atoms with Crippen LogP contribution in [0.5, 0.6) is 23.0 Å². The number of nitrogens with zero attached hydrogens (tertiary/aromatic N) is 1. The summed E-state index contributed by atoms with van der Waals surface area (Å²) < 4.78 is 62.7. The Labute approximate surface area is 233 Å².